The van der Waals surface area contributed by atoms with Crippen molar-refractivity contribution >= 4 is 39.6 Å². The molecule has 1 unspecified atom stereocenters. The number of benzene rings is 2. The van der Waals surface area contributed by atoms with E-state index in [1.807, 2.05) is 48.6 Å². The average molecular weight is 437 g/mol. The third-order valence-electron chi connectivity index (χ3n) is 5.51. The van der Waals surface area contributed by atoms with Gasteiger partial charge in [-0.1, -0.05) is 36.4 Å². The topological polar surface area (TPSA) is 81.1 Å². The fraction of sp³-hybridized carbons (Fsp3) is 0.250. The maximum Gasteiger partial charge on any atom is 0.295 e. The molecule has 1 fully saturated rings. The lowest BCUT2D eigenvalue weighted by molar-refractivity contribution is -0.139. The number of amides is 1. The Morgan fingerprint density at radius 2 is 1.87 bits per heavy atom. The molecule has 1 aromatic heterocycles. The number of aliphatic hydroxyl groups is 1. The van der Waals surface area contributed by atoms with E-state index in [2.05, 4.69) is 0 Å². The summed E-state index contributed by atoms with van der Waals surface area (Å²) in [4.78, 5) is 30.2. The summed E-state index contributed by atoms with van der Waals surface area (Å²) in [6, 6.07) is 13.6. The minimum absolute atomic E-state index is 0.0166. The van der Waals surface area contributed by atoms with Gasteiger partial charge in [0.15, 0.2) is 0 Å². The lowest BCUT2D eigenvalue weighted by Gasteiger charge is -2.24. The highest BCUT2D eigenvalue weighted by molar-refractivity contribution is 7.10. The Kier molecular flexibility index (Phi) is 5.80. The second-order valence-electron chi connectivity index (χ2n) is 7.85. The predicted octanol–water partition coefficient (Wildman–Crippen LogP) is 3.98. The summed E-state index contributed by atoms with van der Waals surface area (Å²) in [5.74, 6) is -1.82. The Hall–Kier alpha value is -3.16. The molecule has 0 aliphatic carbocycles. The summed E-state index contributed by atoms with van der Waals surface area (Å²) in [7, 11) is 3.90. The van der Waals surface area contributed by atoms with Crippen molar-refractivity contribution in [3.05, 3.63) is 69.9 Å². The molecule has 31 heavy (non-hydrogen) atoms. The van der Waals surface area contributed by atoms with Gasteiger partial charge < -0.3 is 20.0 Å². The number of ketones is 1. The molecule has 1 saturated heterocycles. The molecule has 2 N–H and O–H groups in total. The number of thiophene rings is 1. The van der Waals surface area contributed by atoms with Crippen LogP contribution in [-0.2, 0) is 9.59 Å². The van der Waals surface area contributed by atoms with Crippen LogP contribution in [-0.4, -0.2) is 58.9 Å². The molecule has 0 spiro atoms. The van der Waals surface area contributed by atoms with Crippen molar-refractivity contribution in [3.63, 3.8) is 0 Å². The van der Waals surface area contributed by atoms with Crippen LogP contribution in [0.4, 0.5) is 0 Å². The molecule has 3 aromatic rings. The Morgan fingerprint density at radius 1 is 1.10 bits per heavy atom. The molecule has 7 heteroatoms. The molecule has 0 bridgehead atoms. The second kappa shape index (κ2) is 8.53. The molecular weight excluding hydrogens is 412 g/mol. The number of Topliss-reactive ketones (excluding diaryl/α,β-unsaturated/α-hetero) is 1. The maximum atomic E-state index is 13.0. The van der Waals surface area contributed by atoms with Crippen LogP contribution in [0.25, 0.3) is 16.5 Å². The van der Waals surface area contributed by atoms with Crippen molar-refractivity contribution in [3.8, 4) is 5.75 Å². The fourth-order valence-electron chi connectivity index (χ4n) is 4.00. The number of aromatic hydroxyl groups is 1. The first-order chi connectivity index (χ1) is 14.9. The molecule has 4 rings (SSSR count). The first-order valence-electron chi connectivity index (χ1n) is 10.1. The van der Waals surface area contributed by atoms with Gasteiger partial charge in [0.05, 0.1) is 17.2 Å². The number of phenols is 1. The summed E-state index contributed by atoms with van der Waals surface area (Å²) in [6.45, 7) is 1.16. The Balaban J connectivity index is 1.83. The Morgan fingerprint density at radius 3 is 2.58 bits per heavy atom. The first kappa shape index (κ1) is 21.1. The molecule has 1 aliphatic rings. The van der Waals surface area contributed by atoms with Crippen molar-refractivity contribution in [2.45, 2.75) is 12.5 Å². The number of aliphatic hydroxyl groups excluding tert-OH is 1. The van der Waals surface area contributed by atoms with Crippen LogP contribution in [0.3, 0.4) is 0 Å². The van der Waals surface area contributed by atoms with Crippen LogP contribution in [0.2, 0.25) is 0 Å². The number of hydrogen-bond donors (Lipinski definition) is 2. The van der Waals surface area contributed by atoms with Gasteiger partial charge in [-0.2, -0.15) is 0 Å². The summed E-state index contributed by atoms with van der Waals surface area (Å²) < 4.78 is 0. The highest BCUT2D eigenvalue weighted by atomic mass is 32.1. The van der Waals surface area contributed by atoms with Gasteiger partial charge in [-0.05, 0) is 50.0 Å². The number of nitrogens with zero attached hydrogens (tertiary/aromatic N) is 2. The van der Waals surface area contributed by atoms with Crippen molar-refractivity contribution in [2.75, 3.05) is 27.2 Å². The van der Waals surface area contributed by atoms with Gasteiger partial charge in [0.1, 0.15) is 11.5 Å². The van der Waals surface area contributed by atoms with Gasteiger partial charge in [0.25, 0.3) is 11.7 Å². The zero-order valence-electron chi connectivity index (χ0n) is 17.4. The van der Waals surface area contributed by atoms with Gasteiger partial charge in [0.2, 0.25) is 0 Å². The largest absolute Gasteiger partial charge is 0.507 e. The van der Waals surface area contributed by atoms with E-state index in [4.69, 9.17) is 0 Å². The normalized spacial score (nSPS) is 18.4. The number of hydrogen-bond acceptors (Lipinski definition) is 6. The predicted molar refractivity (Wildman–Crippen MR) is 122 cm³/mol. The van der Waals surface area contributed by atoms with Crippen LogP contribution >= 0.6 is 11.3 Å². The molecule has 1 aliphatic heterocycles. The van der Waals surface area contributed by atoms with Gasteiger partial charge in [-0.3, -0.25) is 9.59 Å². The minimum Gasteiger partial charge on any atom is -0.507 e. The fourth-order valence-corrected chi connectivity index (χ4v) is 4.85. The molecule has 160 valence electrons. The Bertz CT molecular complexity index is 1170. The van der Waals surface area contributed by atoms with Crippen LogP contribution < -0.4 is 0 Å². The van der Waals surface area contributed by atoms with Crippen molar-refractivity contribution < 1.29 is 19.8 Å². The molecule has 2 aromatic carbocycles. The van der Waals surface area contributed by atoms with E-state index in [0.717, 1.165) is 16.8 Å². The first-order valence-corrected chi connectivity index (χ1v) is 11.0. The summed E-state index contributed by atoms with van der Waals surface area (Å²) in [6.07, 6.45) is 0.698. The van der Waals surface area contributed by atoms with E-state index in [1.54, 1.807) is 24.3 Å². The average Bonchev–Trinajstić information content (AvgIpc) is 3.36. The summed E-state index contributed by atoms with van der Waals surface area (Å²) in [5.41, 5.74) is 0.162. The smallest absolute Gasteiger partial charge is 0.295 e. The lowest BCUT2D eigenvalue weighted by Crippen LogP contribution is -2.32. The monoisotopic (exact) mass is 436 g/mol. The molecule has 0 radical (unpaired) electrons. The van der Waals surface area contributed by atoms with Gasteiger partial charge in [-0.25, -0.2) is 0 Å². The van der Waals surface area contributed by atoms with E-state index in [9.17, 15) is 19.8 Å². The van der Waals surface area contributed by atoms with E-state index in [1.165, 1.54) is 16.2 Å². The zero-order valence-corrected chi connectivity index (χ0v) is 18.2. The molecule has 6 nitrogen and oxygen atoms in total. The number of rotatable bonds is 6. The molecular formula is C24H24N2O4S. The molecule has 2 heterocycles. The summed E-state index contributed by atoms with van der Waals surface area (Å²) in [5, 5.41) is 25.2. The highest BCUT2D eigenvalue weighted by Crippen LogP contribution is 2.43. The SMILES string of the molecule is CN(C)CCCN1C(=O)C(=O)/C(=C(\O)c2ccc3ccccc3c2O)C1c1cccs1. The third kappa shape index (κ3) is 3.82. The standard InChI is InChI=1S/C24H24N2O4S/c1-25(2)12-6-13-26-20(18-9-5-14-31-18)19(23(29)24(26)30)22(28)17-11-10-15-7-3-4-8-16(15)21(17)27/h3-5,7-11,14,20,27-28H,6,12-13H2,1-2H3/b22-19-. The molecule has 0 saturated carbocycles. The van der Waals surface area contributed by atoms with Crippen LogP contribution in [0, 0.1) is 0 Å². The highest BCUT2D eigenvalue weighted by Gasteiger charge is 2.46. The third-order valence-corrected chi connectivity index (χ3v) is 6.44. The zero-order chi connectivity index (χ0) is 22.1. The molecule has 1 amide bonds. The van der Waals surface area contributed by atoms with Crippen LogP contribution in [0.5, 0.6) is 5.75 Å². The molecule has 1 atom stereocenters. The number of carbonyl (C=O) groups excluding carboxylic acids is 2. The number of carbonyl (C=O) groups is 2. The number of likely N-dealkylation sites (tertiary alicyclic amines) is 1. The van der Waals surface area contributed by atoms with E-state index >= 15 is 0 Å². The van der Waals surface area contributed by atoms with Gasteiger partial charge in [-0.15, -0.1) is 11.3 Å². The van der Waals surface area contributed by atoms with Crippen molar-refractivity contribution in [1.82, 2.24) is 9.80 Å². The van der Waals surface area contributed by atoms with Crippen LogP contribution in [0.1, 0.15) is 22.9 Å². The lowest BCUT2D eigenvalue weighted by atomic mass is 9.97. The Labute approximate surface area is 184 Å². The van der Waals surface area contributed by atoms with E-state index < -0.39 is 17.7 Å². The number of fused-ring (bicyclic) bond motifs is 1. The van der Waals surface area contributed by atoms with E-state index in [0.29, 0.717) is 18.4 Å². The van der Waals surface area contributed by atoms with Crippen LogP contribution in [0.15, 0.2) is 59.5 Å². The van der Waals surface area contributed by atoms with Crippen molar-refractivity contribution in [2.24, 2.45) is 0 Å². The van der Waals surface area contributed by atoms with Gasteiger partial charge in [0, 0.05) is 16.8 Å². The quantitative estimate of drug-likeness (QED) is 0.347. The minimum atomic E-state index is -0.728. The van der Waals surface area contributed by atoms with Crippen molar-refractivity contribution in [1.29, 1.82) is 0 Å². The van der Waals surface area contributed by atoms with E-state index in [-0.39, 0.29) is 22.6 Å². The number of phenolic OH excluding ortho intramolecular Hbond substituents is 1. The summed E-state index contributed by atoms with van der Waals surface area (Å²) >= 11 is 1.43. The van der Waals surface area contributed by atoms with Gasteiger partial charge >= 0.3 is 0 Å². The second-order valence-corrected chi connectivity index (χ2v) is 8.83. The maximum absolute atomic E-state index is 13.0.